The Bertz CT molecular complexity index is 512. The van der Waals surface area contributed by atoms with Crippen LogP contribution in [0.5, 0.6) is 0 Å². The average Bonchev–Trinajstić information content (AvgIpc) is 2.45. The van der Waals surface area contributed by atoms with E-state index in [0.717, 1.165) is 0 Å². The molecule has 0 aromatic carbocycles. The van der Waals surface area contributed by atoms with E-state index in [1.54, 1.807) is 0 Å². The van der Waals surface area contributed by atoms with Gasteiger partial charge in [0.05, 0.1) is 26.4 Å². The van der Waals surface area contributed by atoms with Crippen LogP contribution in [-0.4, -0.2) is 53.4 Å². The van der Waals surface area contributed by atoms with Gasteiger partial charge in [0, 0.05) is 12.3 Å². The molecule has 0 aromatic heterocycles. The van der Waals surface area contributed by atoms with Gasteiger partial charge in [-0.2, -0.15) is 0 Å². The van der Waals surface area contributed by atoms with Gasteiger partial charge in [-0.15, -0.1) is 0 Å². The molecule has 152 valence electrons. The molecule has 0 bridgehead atoms. The van der Waals surface area contributed by atoms with E-state index < -0.39 is 19.7 Å². The van der Waals surface area contributed by atoms with Crippen molar-refractivity contribution in [2.75, 3.05) is 33.1 Å². The molecule has 3 atom stereocenters. The summed E-state index contributed by atoms with van der Waals surface area (Å²) in [7, 11) is 0. The molecule has 0 aliphatic heterocycles. The third-order valence-electron chi connectivity index (χ3n) is 2.85. The van der Waals surface area contributed by atoms with Crippen LogP contribution >= 0.6 is 19.7 Å². The molecule has 25 heavy (non-hydrogen) atoms. The first-order valence-electron chi connectivity index (χ1n) is 7.89. The first kappa shape index (κ1) is 26.7. The van der Waals surface area contributed by atoms with E-state index in [4.69, 9.17) is 53.5 Å². The summed E-state index contributed by atoms with van der Waals surface area (Å²) in [6, 6.07) is 0. The third-order valence-corrected chi connectivity index (χ3v) is 8.91. The fourth-order valence-electron chi connectivity index (χ4n) is 1.38. The molecule has 0 amide bonds. The summed E-state index contributed by atoms with van der Waals surface area (Å²) < 4.78 is 20.8. The zero-order chi connectivity index (χ0) is 19.6. The summed E-state index contributed by atoms with van der Waals surface area (Å²) in [4.78, 5) is 29.0. The fourth-order valence-corrected chi connectivity index (χ4v) is 4.23. The van der Waals surface area contributed by atoms with E-state index >= 15 is 0 Å². The minimum absolute atomic E-state index is 0.0692. The van der Waals surface area contributed by atoms with Crippen molar-refractivity contribution in [3.8, 4) is 0 Å². The standard InChI is InChI=1S/C12H29O7P3S3/c1-12(2)21(14,24)17-9-5-7-11-19-22(15,25)18-10-6-4-8-16-20(3,13)23/h12H,4-11H2,1-3H3,(H,13,23)(H,14,24)(H,15,25). The minimum Gasteiger partial charge on any atom is -0.345 e. The van der Waals surface area contributed by atoms with Crippen LogP contribution in [-0.2, 0) is 53.5 Å². The second-order valence-electron chi connectivity index (χ2n) is 5.68. The van der Waals surface area contributed by atoms with Gasteiger partial charge in [0.25, 0.3) is 0 Å². The summed E-state index contributed by atoms with van der Waals surface area (Å²) in [5.41, 5.74) is -0.0692. The van der Waals surface area contributed by atoms with E-state index in [-0.39, 0.29) is 18.9 Å². The lowest BCUT2D eigenvalue weighted by atomic mass is 10.3. The van der Waals surface area contributed by atoms with Crippen LogP contribution in [0.25, 0.3) is 0 Å². The van der Waals surface area contributed by atoms with Crippen molar-refractivity contribution in [3.05, 3.63) is 0 Å². The van der Waals surface area contributed by atoms with Gasteiger partial charge in [0.1, 0.15) is 0 Å². The molecule has 0 aliphatic rings. The largest absolute Gasteiger partial charge is 0.345 e. The van der Waals surface area contributed by atoms with Crippen molar-refractivity contribution < 1.29 is 32.8 Å². The number of unbranched alkanes of at least 4 members (excludes halogenated alkanes) is 2. The number of hydrogen-bond acceptors (Lipinski definition) is 7. The van der Waals surface area contributed by atoms with E-state index in [1.165, 1.54) is 6.66 Å². The van der Waals surface area contributed by atoms with Crippen molar-refractivity contribution in [3.63, 3.8) is 0 Å². The molecule has 0 saturated carbocycles. The summed E-state index contributed by atoms with van der Waals surface area (Å²) in [5.74, 6) is 0. The summed E-state index contributed by atoms with van der Waals surface area (Å²) in [6.07, 6.45) is 2.51. The van der Waals surface area contributed by atoms with E-state index in [2.05, 4.69) is 0 Å². The van der Waals surface area contributed by atoms with Gasteiger partial charge in [-0.05, 0) is 61.1 Å². The maximum absolute atomic E-state index is 9.88. The highest BCUT2D eigenvalue weighted by molar-refractivity contribution is 8.09. The molecule has 13 heteroatoms. The van der Waals surface area contributed by atoms with Crippen LogP contribution in [0.1, 0.15) is 39.5 Å². The summed E-state index contributed by atoms with van der Waals surface area (Å²) >= 11 is 14.7. The van der Waals surface area contributed by atoms with Gasteiger partial charge in [-0.25, -0.2) is 0 Å². The Hall–Kier alpha value is 1.67. The molecule has 0 heterocycles. The maximum atomic E-state index is 9.88. The molecule has 0 aliphatic carbocycles. The maximum Gasteiger partial charge on any atom is 0.324 e. The Morgan fingerprint density at radius 1 is 0.720 bits per heavy atom. The predicted octanol–water partition coefficient (Wildman–Crippen LogP) is 3.47. The van der Waals surface area contributed by atoms with Gasteiger partial charge in [-0.3, -0.25) is 0 Å². The Labute approximate surface area is 166 Å². The molecule has 7 nitrogen and oxygen atoms in total. The van der Waals surface area contributed by atoms with Crippen molar-refractivity contribution in [1.82, 2.24) is 0 Å². The smallest absolute Gasteiger partial charge is 0.324 e. The molecule has 0 fully saturated rings. The zero-order valence-corrected chi connectivity index (χ0v) is 19.9. The Morgan fingerprint density at radius 2 is 1.08 bits per heavy atom. The zero-order valence-electron chi connectivity index (χ0n) is 14.8. The molecule has 0 saturated heterocycles. The van der Waals surface area contributed by atoms with E-state index in [9.17, 15) is 14.7 Å². The summed E-state index contributed by atoms with van der Waals surface area (Å²) in [6.45, 7) is -2.22. The number of hydrogen-bond donors (Lipinski definition) is 3. The highest BCUT2D eigenvalue weighted by Crippen LogP contribution is 2.47. The van der Waals surface area contributed by atoms with Crippen LogP contribution in [0.3, 0.4) is 0 Å². The van der Waals surface area contributed by atoms with Crippen LogP contribution in [0, 0.1) is 0 Å². The van der Waals surface area contributed by atoms with Crippen molar-refractivity contribution in [2.45, 2.75) is 45.2 Å². The summed E-state index contributed by atoms with van der Waals surface area (Å²) in [5, 5.41) is 0. The normalized spacial score (nSPS) is 19.3. The van der Waals surface area contributed by atoms with Crippen LogP contribution < -0.4 is 0 Å². The van der Waals surface area contributed by atoms with Crippen molar-refractivity contribution >= 4 is 55.1 Å². The second-order valence-corrected chi connectivity index (χ2v) is 16.4. The molecule has 3 N–H and O–H groups in total. The predicted molar refractivity (Wildman–Crippen MR) is 113 cm³/mol. The highest BCUT2D eigenvalue weighted by atomic mass is 32.5. The first-order chi connectivity index (χ1) is 11.4. The topological polar surface area (TPSA) is 97.6 Å². The lowest BCUT2D eigenvalue weighted by molar-refractivity contribution is 0.183. The second kappa shape index (κ2) is 13.0. The van der Waals surface area contributed by atoms with E-state index in [0.29, 0.717) is 38.9 Å². The Morgan fingerprint density at radius 3 is 1.44 bits per heavy atom. The molecular formula is C12H29O7P3S3. The lowest BCUT2D eigenvalue weighted by Gasteiger charge is -2.19. The fraction of sp³-hybridized carbons (Fsp3) is 1.00. The van der Waals surface area contributed by atoms with Crippen LogP contribution in [0.4, 0.5) is 0 Å². The first-order valence-corrected chi connectivity index (χ1v) is 16.3. The quantitative estimate of drug-likeness (QED) is 0.242. The third kappa shape index (κ3) is 16.3. The van der Waals surface area contributed by atoms with Crippen LogP contribution in [0.15, 0.2) is 0 Å². The van der Waals surface area contributed by atoms with Gasteiger partial charge in [0.2, 0.25) is 0 Å². The van der Waals surface area contributed by atoms with Crippen LogP contribution in [0.2, 0.25) is 0 Å². The molecule has 0 radical (unpaired) electrons. The molecule has 0 spiro atoms. The molecule has 0 aromatic rings. The van der Waals surface area contributed by atoms with Gasteiger partial charge in [-0.1, -0.05) is 13.8 Å². The van der Waals surface area contributed by atoms with E-state index in [1.807, 2.05) is 13.8 Å². The average molecular weight is 474 g/mol. The highest BCUT2D eigenvalue weighted by Gasteiger charge is 2.18. The SMILES string of the molecule is CC(C)P(O)(=S)OCCCCOP(O)(=S)OCCCCOP(C)(O)=S. The molecular weight excluding hydrogens is 445 g/mol. The Kier molecular flexibility index (Phi) is 13.9. The number of rotatable bonds is 15. The van der Waals surface area contributed by atoms with Gasteiger partial charge in [0.15, 0.2) is 13.0 Å². The Balaban J connectivity index is 3.69. The molecule has 3 unspecified atom stereocenters. The van der Waals surface area contributed by atoms with Gasteiger partial charge >= 0.3 is 6.72 Å². The monoisotopic (exact) mass is 474 g/mol. The van der Waals surface area contributed by atoms with Gasteiger partial charge < -0.3 is 32.8 Å². The minimum atomic E-state index is -3.24. The van der Waals surface area contributed by atoms with Crippen molar-refractivity contribution in [2.24, 2.45) is 0 Å². The van der Waals surface area contributed by atoms with Crippen molar-refractivity contribution in [1.29, 1.82) is 0 Å². The molecule has 0 rings (SSSR count). The lowest BCUT2D eigenvalue weighted by Crippen LogP contribution is -2.04.